The number of carbonyl (C=O) groups is 1. The summed E-state index contributed by atoms with van der Waals surface area (Å²) in [6.07, 6.45) is 4.45. The predicted molar refractivity (Wildman–Crippen MR) is 100 cm³/mol. The van der Waals surface area contributed by atoms with Crippen LogP contribution in [0.25, 0.3) is 11.5 Å². The molecule has 138 valence electrons. The molecule has 0 spiro atoms. The van der Waals surface area contributed by atoms with Gasteiger partial charge in [-0.25, -0.2) is 0 Å². The molecule has 0 N–H and O–H groups in total. The monoisotopic (exact) mass is 363 g/mol. The third kappa shape index (κ3) is 3.69. The fourth-order valence-electron chi connectivity index (χ4n) is 3.54. The molecule has 0 saturated heterocycles. The first-order valence-electron chi connectivity index (χ1n) is 9.05. The van der Waals surface area contributed by atoms with Crippen LogP contribution < -0.4 is 4.74 Å². The van der Waals surface area contributed by atoms with E-state index in [1.54, 1.807) is 12.1 Å². The topological polar surface area (TPSA) is 68.5 Å². The van der Waals surface area contributed by atoms with Crippen molar-refractivity contribution in [2.75, 3.05) is 13.7 Å². The number of benzene rings is 2. The summed E-state index contributed by atoms with van der Waals surface area (Å²) in [6.45, 7) is 0.00900. The van der Waals surface area contributed by atoms with Gasteiger partial charge in [-0.15, -0.1) is 10.2 Å². The van der Waals surface area contributed by atoms with Crippen molar-refractivity contribution in [1.29, 1.82) is 0 Å². The summed E-state index contributed by atoms with van der Waals surface area (Å²) in [7, 11) is 1.86. The molecule has 2 aromatic carbocycles. The van der Waals surface area contributed by atoms with Gasteiger partial charge in [0.25, 0.3) is 5.91 Å². The zero-order valence-electron chi connectivity index (χ0n) is 15.2. The van der Waals surface area contributed by atoms with Crippen LogP contribution >= 0.6 is 0 Å². The van der Waals surface area contributed by atoms with E-state index in [9.17, 15) is 4.79 Å². The molecule has 1 amide bonds. The number of aryl methyl sites for hydroxylation is 1. The van der Waals surface area contributed by atoms with E-state index in [1.165, 1.54) is 17.5 Å². The second kappa shape index (κ2) is 7.61. The first kappa shape index (κ1) is 17.3. The van der Waals surface area contributed by atoms with Crippen LogP contribution in [0, 0.1) is 0 Å². The van der Waals surface area contributed by atoms with E-state index in [0.717, 1.165) is 24.8 Å². The van der Waals surface area contributed by atoms with Gasteiger partial charge in [-0.05, 0) is 54.7 Å². The van der Waals surface area contributed by atoms with Gasteiger partial charge in [-0.2, -0.15) is 0 Å². The molecule has 6 heteroatoms. The minimum Gasteiger partial charge on any atom is -0.484 e. The Kier molecular flexibility index (Phi) is 4.87. The third-order valence-corrected chi connectivity index (χ3v) is 5.02. The smallest absolute Gasteiger partial charge is 0.260 e. The highest BCUT2D eigenvalue weighted by atomic mass is 16.5. The van der Waals surface area contributed by atoms with Crippen molar-refractivity contribution in [3.8, 4) is 17.2 Å². The highest BCUT2D eigenvalue weighted by Gasteiger charge is 2.26. The van der Waals surface area contributed by atoms with Crippen molar-refractivity contribution in [3.63, 3.8) is 0 Å². The number of carbonyl (C=O) groups excluding carboxylic acids is 1. The van der Waals surface area contributed by atoms with Crippen LogP contribution in [0.3, 0.4) is 0 Å². The molecule has 6 nitrogen and oxygen atoms in total. The van der Waals surface area contributed by atoms with E-state index in [1.807, 2.05) is 30.1 Å². The van der Waals surface area contributed by atoms with E-state index in [-0.39, 0.29) is 18.6 Å². The number of ether oxygens (including phenoxy) is 1. The number of fused-ring (bicyclic) bond motifs is 1. The molecule has 1 aromatic heterocycles. The number of hydrogen-bond donors (Lipinski definition) is 0. The molecule has 1 aliphatic carbocycles. The maximum Gasteiger partial charge on any atom is 0.260 e. The number of amides is 1. The standard InChI is InChI=1S/C21H21N3O3/c1-24(19-8-4-6-15-5-2-3-7-18(15)19)20(25)13-26-17-11-9-16(10-12-17)21-23-22-14-27-21/h2-3,5,7,9-12,14,19H,4,6,8,13H2,1H3/t19-/m1/s1. The van der Waals surface area contributed by atoms with Crippen LogP contribution in [0.15, 0.2) is 59.3 Å². The lowest BCUT2D eigenvalue weighted by Gasteiger charge is -2.33. The van der Waals surface area contributed by atoms with E-state index in [2.05, 4.69) is 28.4 Å². The number of likely N-dealkylation sites (N-methyl/N-ethyl adjacent to an activating group) is 1. The summed E-state index contributed by atoms with van der Waals surface area (Å²) in [5, 5.41) is 7.53. The minimum atomic E-state index is -0.0299. The Morgan fingerprint density at radius 2 is 2.04 bits per heavy atom. The van der Waals surface area contributed by atoms with Gasteiger partial charge in [0.05, 0.1) is 6.04 Å². The summed E-state index contributed by atoms with van der Waals surface area (Å²) in [5.74, 6) is 1.05. The number of nitrogens with zero attached hydrogens (tertiary/aromatic N) is 3. The minimum absolute atomic E-state index is 0.00900. The van der Waals surface area contributed by atoms with E-state index >= 15 is 0 Å². The van der Waals surface area contributed by atoms with Crippen molar-refractivity contribution in [3.05, 3.63) is 66.1 Å². The van der Waals surface area contributed by atoms with Crippen LogP contribution in [0.4, 0.5) is 0 Å². The number of aromatic nitrogens is 2. The van der Waals surface area contributed by atoms with Crippen LogP contribution in [0.5, 0.6) is 5.75 Å². The maximum atomic E-state index is 12.6. The van der Waals surface area contributed by atoms with Gasteiger partial charge in [-0.1, -0.05) is 24.3 Å². The SMILES string of the molecule is CN(C(=O)COc1ccc(-c2nnco2)cc1)[C@@H]1CCCc2ccccc21. The fraction of sp³-hybridized carbons (Fsp3) is 0.286. The summed E-state index contributed by atoms with van der Waals surface area (Å²) in [6, 6.07) is 15.7. The molecule has 1 atom stereocenters. The van der Waals surface area contributed by atoms with E-state index in [0.29, 0.717) is 11.6 Å². The Balaban J connectivity index is 1.38. The van der Waals surface area contributed by atoms with Gasteiger partial charge < -0.3 is 14.1 Å². The van der Waals surface area contributed by atoms with Crippen LogP contribution in [-0.4, -0.2) is 34.7 Å². The van der Waals surface area contributed by atoms with Crippen molar-refractivity contribution < 1.29 is 13.9 Å². The molecular weight excluding hydrogens is 342 g/mol. The molecule has 4 rings (SSSR count). The normalized spacial score (nSPS) is 15.8. The lowest BCUT2D eigenvalue weighted by molar-refractivity contribution is -0.134. The molecule has 1 heterocycles. The lowest BCUT2D eigenvalue weighted by atomic mass is 9.87. The van der Waals surface area contributed by atoms with Gasteiger partial charge >= 0.3 is 0 Å². The number of rotatable bonds is 5. The summed E-state index contributed by atoms with van der Waals surface area (Å²) in [5.41, 5.74) is 3.40. The molecular formula is C21H21N3O3. The molecule has 0 aliphatic heterocycles. The second-order valence-electron chi connectivity index (χ2n) is 6.67. The van der Waals surface area contributed by atoms with Gasteiger partial charge in [-0.3, -0.25) is 4.79 Å². The van der Waals surface area contributed by atoms with E-state index < -0.39 is 0 Å². The zero-order valence-corrected chi connectivity index (χ0v) is 15.2. The Bertz CT molecular complexity index is 907. The maximum absolute atomic E-state index is 12.6. The summed E-state index contributed by atoms with van der Waals surface area (Å²) < 4.78 is 10.8. The third-order valence-electron chi connectivity index (χ3n) is 5.02. The predicted octanol–water partition coefficient (Wildman–Crippen LogP) is 3.65. The van der Waals surface area contributed by atoms with Crippen molar-refractivity contribution in [2.45, 2.75) is 25.3 Å². The second-order valence-corrected chi connectivity index (χ2v) is 6.67. The molecule has 27 heavy (non-hydrogen) atoms. The van der Waals surface area contributed by atoms with Crippen molar-refractivity contribution in [1.82, 2.24) is 15.1 Å². The molecule has 0 radical (unpaired) electrons. The average Bonchev–Trinajstić information content (AvgIpc) is 3.26. The molecule has 0 saturated carbocycles. The zero-order chi connectivity index (χ0) is 18.6. The quantitative estimate of drug-likeness (QED) is 0.692. The summed E-state index contributed by atoms with van der Waals surface area (Å²) >= 11 is 0. The van der Waals surface area contributed by atoms with Gasteiger partial charge in [0.1, 0.15) is 5.75 Å². The van der Waals surface area contributed by atoms with Crippen LogP contribution in [0.2, 0.25) is 0 Å². The van der Waals surface area contributed by atoms with Gasteiger partial charge in [0, 0.05) is 12.6 Å². The van der Waals surface area contributed by atoms with E-state index in [4.69, 9.17) is 9.15 Å². The van der Waals surface area contributed by atoms with Crippen molar-refractivity contribution >= 4 is 5.91 Å². The van der Waals surface area contributed by atoms with Gasteiger partial charge in [0.15, 0.2) is 6.61 Å². The number of hydrogen-bond acceptors (Lipinski definition) is 5. The first-order chi connectivity index (χ1) is 13.2. The van der Waals surface area contributed by atoms with Crippen molar-refractivity contribution in [2.24, 2.45) is 0 Å². The molecule has 1 aliphatic rings. The highest BCUT2D eigenvalue weighted by Crippen LogP contribution is 2.33. The highest BCUT2D eigenvalue weighted by molar-refractivity contribution is 5.78. The fourth-order valence-corrected chi connectivity index (χ4v) is 3.54. The molecule has 0 bridgehead atoms. The molecule has 0 unspecified atom stereocenters. The molecule has 3 aromatic rings. The Morgan fingerprint density at radius 1 is 1.22 bits per heavy atom. The summed E-state index contributed by atoms with van der Waals surface area (Å²) in [4.78, 5) is 14.5. The van der Waals surface area contributed by atoms with Crippen LogP contribution in [-0.2, 0) is 11.2 Å². The van der Waals surface area contributed by atoms with Gasteiger partial charge in [0.2, 0.25) is 12.3 Å². The average molecular weight is 363 g/mol. The Hall–Kier alpha value is -3.15. The van der Waals surface area contributed by atoms with Crippen LogP contribution in [0.1, 0.15) is 30.0 Å². The largest absolute Gasteiger partial charge is 0.484 e. The Morgan fingerprint density at radius 3 is 2.81 bits per heavy atom. The Labute approximate surface area is 157 Å². The molecule has 0 fully saturated rings. The lowest BCUT2D eigenvalue weighted by Crippen LogP contribution is -2.36. The first-order valence-corrected chi connectivity index (χ1v) is 9.05.